The van der Waals surface area contributed by atoms with Crippen LogP contribution in [0.4, 0.5) is 0 Å². The molecule has 2 heterocycles. The van der Waals surface area contributed by atoms with Gasteiger partial charge in [-0.2, -0.15) is 5.10 Å². The number of carboxylic acids is 1. The highest BCUT2D eigenvalue weighted by atomic mass is 35.5. The summed E-state index contributed by atoms with van der Waals surface area (Å²) in [5.74, 6) is -1.94. The lowest BCUT2D eigenvalue weighted by atomic mass is 10.2. The van der Waals surface area contributed by atoms with Gasteiger partial charge in [-0.3, -0.25) is 23.9 Å². The molecule has 8 nitrogen and oxygen atoms in total. The molecule has 0 aliphatic heterocycles. The molecule has 2 aromatic rings. The zero-order valence-electron chi connectivity index (χ0n) is 8.91. The van der Waals surface area contributed by atoms with Crippen molar-refractivity contribution in [2.45, 2.75) is 0 Å². The Kier molecular flexibility index (Phi) is 4.05. The van der Waals surface area contributed by atoms with Gasteiger partial charge in [0.05, 0.1) is 0 Å². The predicted molar refractivity (Wildman–Crippen MR) is 63.0 cm³/mol. The van der Waals surface area contributed by atoms with Crippen LogP contribution in [-0.2, 0) is 4.79 Å². The van der Waals surface area contributed by atoms with Gasteiger partial charge in [-0.05, 0) is 0 Å². The number of pyridine rings is 1. The van der Waals surface area contributed by atoms with E-state index in [1.54, 1.807) is 0 Å². The lowest BCUT2D eigenvalue weighted by Crippen LogP contribution is -2.33. The fraction of sp³-hybridized carbons (Fsp3) is 0.111. The average Bonchev–Trinajstić information content (AvgIpc) is 2.73. The molecule has 2 rings (SSSR count). The van der Waals surface area contributed by atoms with E-state index in [1.807, 2.05) is 0 Å². The Morgan fingerprint density at radius 3 is 2.89 bits per heavy atom. The maximum atomic E-state index is 11.6. The predicted octanol–water partition coefficient (Wildman–Crippen LogP) is -0.741. The van der Waals surface area contributed by atoms with Gasteiger partial charge in [0.1, 0.15) is 24.1 Å². The maximum absolute atomic E-state index is 11.6. The number of nitrogens with one attached hydrogen (secondary N) is 2. The van der Waals surface area contributed by atoms with Crippen molar-refractivity contribution < 1.29 is 14.7 Å². The molecule has 0 saturated heterocycles. The lowest BCUT2D eigenvalue weighted by molar-refractivity contribution is -0.135. The van der Waals surface area contributed by atoms with Crippen LogP contribution in [0.25, 0.3) is 5.65 Å². The molecule has 0 aliphatic rings. The number of carboxylic acid groups (broad SMARTS) is 1. The summed E-state index contributed by atoms with van der Waals surface area (Å²) in [4.78, 5) is 33.5. The van der Waals surface area contributed by atoms with Crippen LogP contribution in [0.15, 0.2) is 23.4 Å². The number of carbonyl (C=O) groups excluding carboxylic acids is 1. The van der Waals surface area contributed by atoms with Gasteiger partial charge in [0, 0.05) is 12.3 Å². The Bertz CT molecular complexity index is 647. The molecule has 0 unspecified atom stereocenters. The average molecular weight is 273 g/mol. The summed E-state index contributed by atoms with van der Waals surface area (Å²) < 4.78 is 1.46. The largest absolute Gasteiger partial charge is 0.480 e. The summed E-state index contributed by atoms with van der Waals surface area (Å²) in [5.41, 5.74) is -0.441. The van der Waals surface area contributed by atoms with Crippen LogP contribution in [0.2, 0.25) is 0 Å². The Labute approximate surface area is 106 Å². The molecule has 3 N–H and O–H groups in total. The van der Waals surface area contributed by atoms with Crippen molar-refractivity contribution in [3.63, 3.8) is 0 Å². The van der Waals surface area contributed by atoms with Crippen molar-refractivity contribution >= 4 is 29.9 Å². The molecule has 9 heteroatoms. The molecule has 0 aliphatic carbocycles. The van der Waals surface area contributed by atoms with Gasteiger partial charge in [0.2, 0.25) is 0 Å². The Morgan fingerprint density at radius 2 is 2.22 bits per heavy atom. The second-order valence-corrected chi connectivity index (χ2v) is 3.24. The number of aliphatic carboxylic acids is 1. The van der Waals surface area contributed by atoms with E-state index in [1.165, 1.54) is 23.0 Å². The van der Waals surface area contributed by atoms with Crippen LogP contribution in [0, 0.1) is 0 Å². The van der Waals surface area contributed by atoms with Gasteiger partial charge < -0.3 is 10.4 Å². The van der Waals surface area contributed by atoms with E-state index < -0.39 is 23.9 Å². The van der Waals surface area contributed by atoms with Crippen LogP contribution >= 0.6 is 12.4 Å². The first-order valence-corrected chi connectivity index (χ1v) is 4.64. The van der Waals surface area contributed by atoms with Crippen LogP contribution in [-0.4, -0.2) is 38.1 Å². The Hall–Kier alpha value is -2.35. The minimum absolute atomic E-state index is 0. The summed E-state index contributed by atoms with van der Waals surface area (Å²) in [6.45, 7) is -0.548. The highest BCUT2D eigenvalue weighted by Gasteiger charge is 2.16. The van der Waals surface area contributed by atoms with Crippen molar-refractivity contribution in [2.24, 2.45) is 0 Å². The van der Waals surface area contributed by atoms with Gasteiger partial charge in [-0.15, -0.1) is 12.4 Å². The fourth-order valence-corrected chi connectivity index (χ4v) is 1.38. The monoisotopic (exact) mass is 272 g/mol. The Balaban J connectivity index is 0.00000162. The SMILES string of the molecule is Cl.O=C(O)CNC(=O)c1c(=O)ccn2cn[nH]c12. The third-order valence-corrected chi connectivity index (χ3v) is 2.11. The topological polar surface area (TPSA) is 117 Å². The standard InChI is InChI=1S/C9H8N4O4.ClH/c14-5-1-2-13-4-11-12-8(13)7(5)9(17)10-3-6(15)16;/h1-2,4,12H,3H2,(H,10,17)(H,15,16);1H. The molecule has 0 fully saturated rings. The molecule has 0 radical (unpaired) electrons. The first kappa shape index (κ1) is 13.7. The molecule has 0 spiro atoms. The molecule has 96 valence electrons. The number of hydrogen-bond donors (Lipinski definition) is 3. The molecular weight excluding hydrogens is 264 g/mol. The van der Waals surface area contributed by atoms with Gasteiger partial charge in [-0.25, -0.2) is 0 Å². The first-order valence-electron chi connectivity index (χ1n) is 4.64. The molecular formula is C9H9ClN4O4. The van der Waals surface area contributed by atoms with Crippen LogP contribution in [0.5, 0.6) is 0 Å². The van der Waals surface area contributed by atoms with Gasteiger partial charge in [0.15, 0.2) is 5.43 Å². The molecule has 1 amide bonds. The number of nitrogens with zero attached hydrogens (tertiary/aromatic N) is 2. The van der Waals surface area contributed by atoms with Crippen LogP contribution < -0.4 is 10.7 Å². The van der Waals surface area contributed by atoms with E-state index in [-0.39, 0.29) is 23.6 Å². The number of halogens is 1. The number of aromatic nitrogens is 3. The molecule has 0 bridgehead atoms. The summed E-state index contributed by atoms with van der Waals surface area (Å²) in [6, 6.07) is 1.21. The van der Waals surface area contributed by atoms with Crippen molar-refractivity contribution in [1.82, 2.24) is 19.9 Å². The van der Waals surface area contributed by atoms with E-state index >= 15 is 0 Å². The number of carbonyl (C=O) groups is 2. The van der Waals surface area contributed by atoms with Crippen LogP contribution in [0.1, 0.15) is 10.4 Å². The van der Waals surface area contributed by atoms with Gasteiger partial charge in [0.25, 0.3) is 5.91 Å². The zero-order chi connectivity index (χ0) is 12.4. The van der Waals surface area contributed by atoms with Gasteiger partial charge in [-0.1, -0.05) is 0 Å². The molecule has 0 atom stereocenters. The van der Waals surface area contributed by atoms with Crippen molar-refractivity contribution in [3.05, 3.63) is 34.4 Å². The van der Waals surface area contributed by atoms with Crippen LogP contribution in [0.3, 0.4) is 0 Å². The van der Waals surface area contributed by atoms with E-state index in [4.69, 9.17) is 5.11 Å². The summed E-state index contributed by atoms with van der Waals surface area (Å²) in [7, 11) is 0. The normalized spacial score (nSPS) is 9.78. The second kappa shape index (κ2) is 5.32. The number of H-pyrrole nitrogens is 1. The highest BCUT2D eigenvalue weighted by molar-refractivity contribution is 6.00. The molecule has 0 aromatic carbocycles. The number of fused-ring (bicyclic) bond motifs is 1. The zero-order valence-corrected chi connectivity index (χ0v) is 9.73. The quantitative estimate of drug-likeness (QED) is 0.680. The number of aromatic amines is 1. The molecule has 18 heavy (non-hydrogen) atoms. The number of amides is 1. The van der Waals surface area contributed by atoms with Crippen molar-refractivity contribution in [1.29, 1.82) is 0 Å². The fourth-order valence-electron chi connectivity index (χ4n) is 1.38. The highest BCUT2D eigenvalue weighted by Crippen LogP contribution is 2.01. The smallest absolute Gasteiger partial charge is 0.322 e. The third-order valence-electron chi connectivity index (χ3n) is 2.11. The Morgan fingerprint density at radius 1 is 1.50 bits per heavy atom. The second-order valence-electron chi connectivity index (χ2n) is 3.24. The van der Waals surface area contributed by atoms with E-state index in [0.29, 0.717) is 0 Å². The van der Waals surface area contributed by atoms with E-state index in [0.717, 1.165) is 0 Å². The number of hydrogen-bond acceptors (Lipinski definition) is 4. The minimum Gasteiger partial charge on any atom is -0.480 e. The van der Waals surface area contributed by atoms with Gasteiger partial charge >= 0.3 is 5.97 Å². The lowest BCUT2D eigenvalue weighted by Gasteiger charge is -2.02. The molecule has 0 saturated carbocycles. The van der Waals surface area contributed by atoms with E-state index in [2.05, 4.69) is 15.5 Å². The first-order chi connectivity index (χ1) is 8.09. The summed E-state index contributed by atoms with van der Waals surface area (Å²) in [5, 5.41) is 16.7. The van der Waals surface area contributed by atoms with Crippen molar-refractivity contribution in [2.75, 3.05) is 6.54 Å². The summed E-state index contributed by atoms with van der Waals surface area (Å²) >= 11 is 0. The molecule has 2 aromatic heterocycles. The number of rotatable bonds is 3. The third kappa shape index (κ3) is 2.48. The van der Waals surface area contributed by atoms with Crippen molar-refractivity contribution in [3.8, 4) is 0 Å². The summed E-state index contributed by atoms with van der Waals surface area (Å²) in [6.07, 6.45) is 2.85. The maximum Gasteiger partial charge on any atom is 0.322 e. The van der Waals surface area contributed by atoms with E-state index in [9.17, 15) is 14.4 Å². The minimum atomic E-state index is -1.18.